The second-order valence-electron chi connectivity index (χ2n) is 15.8. The predicted molar refractivity (Wildman–Crippen MR) is 237 cm³/mol. The van der Waals surface area contributed by atoms with Crippen molar-refractivity contribution >= 4 is 11.0 Å². The van der Waals surface area contributed by atoms with Crippen molar-refractivity contribution in [2.75, 3.05) is 0 Å². The van der Waals surface area contributed by atoms with Crippen LogP contribution in [0.15, 0.2) is 182 Å². The van der Waals surface area contributed by atoms with E-state index in [1.165, 1.54) is 11.1 Å². The Bertz CT molecular complexity index is 2880. The molecule has 57 heavy (non-hydrogen) atoms. The number of aromatic nitrogens is 3. The first-order valence-corrected chi connectivity index (χ1v) is 19.5. The number of aromatic hydroxyl groups is 1. The number of phenols is 1. The van der Waals surface area contributed by atoms with Crippen LogP contribution in [0.25, 0.3) is 83.9 Å². The molecule has 0 saturated heterocycles. The average Bonchev–Trinajstić information content (AvgIpc) is 3.64. The molecule has 0 radical (unpaired) electrons. The Morgan fingerprint density at radius 3 is 1.81 bits per heavy atom. The van der Waals surface area contributed by atoms with Gasteiger partial charge in [0.05, 0.1) is 22.3 Å². The first-order valence-electron chi connectivity index (χ1n) is 19.5. The molecule has 1 N–H and O–H groups in total. The zero-order valence-corrected chi connectivity index (χ0v) is 32.6. The molecule has 0 atom stereocenters. The minimum atomic E-state index is -0.116. The summed E-state index contributed by atoms with van der Waals surface area (Å²) in [4.78, 5) is 10.3. The summed E-state index contributed by atoms with van der Waals surface area (Å²) in [5, 5.41) is 11.3. The molecule has 0 unspecified atom stereocenters. The van der Waals surface area contributed by atoms with Gasteiger partial charge in [0.15, 0.2) is 0 Å². The third-order valence-corrected chi connectivity index (χ3v) is 10.8. The van der Waals surface area contributed by atoms with Crippen LogP contribution in [0, 0.1) is 6.92 Å². The molecule has 0 aliphatic heterocycles. The molecule has 9 rings (SSSR count). The van der Waals surface area contributed by atoms with Gasteiger partial charge in [0.25, 0.3) is 0 Å². The smallest absolute Gasteiger partial charge is 0.149 e. The van der Waals surface area contributed by atoms with E-state index in [4.69, 9.17) is 9.97 Å². The molecule has 0 aliphatic rings. The maximum atomic E-state index is 11.3. The van der Waals surface area contributed by atoms with Crippen LogP contribution in [0.2, 0.25) is 0 Å². The van der Waals surface area contributed by atoms with E-state index in [1.54, 1.807) is 6.07 Å². The summed E-state index contributed by atoms with van der Waals surface area (Å²) in [7, 11) is 0. The molecule has 4 heteroatoms. The van der Waals surface area contributed by atoms with Gasteiger partial charge in [-0.05, 0) is 118 Å². The summed E-state index contributed by atoms with van der Waals surface area (Å²) in [6.45, 7) is 8.85. The summed E-state index contributed by atoms with van der Waals surface area (Å²) in [5.74, 6) is 0.853. The molecule has 7 aromatic carbocycles. The van der Waals surface area contributed by atoms with Crippen LogP contribution < -0.4 is 0 Å². The zero-order chi connectivity index (χ0) is 39.1. The topological polar surface area (TPSA) is 50.9 Å². The number of fused-ring (bicyclic) bond motifs is 1. The van der Waals surface area contributed by atoms with Crippen molar-refractivity contribution in [3.8, 4) is 78.6 Å². The van der Waals surface area contributed by atoms with E-state index in [1.807, 2.05) is 36.5 Å². The highest BCUT2D eigenvalue weighted by molar-refractivity contribution is 5.98. The number of hydrogen-bond acceptors (Lipinski definition) is 3. The maximum absolute atomic E-state index is 11.3. The summed E-state index contributed by atoms with van der Waals surface area (Å²) in [5.41, 5.74) is 16.4. The number of pyridine rings is 1. The quantitative estimate of drug-likeness (QED) is 0.177. The Balaban J connectivity index is 1.29. The standard InChI is InChI=1S/C53H43N3O/c1-35-22-24-38(25-23-35)39-26-27-54-48(33-39)43-29-40(36-14-7-5-8-15-36)28-42(30-43)46-19-13-20-49-51(46)55-52(47-18-11-12-21-50(47)57)56(49)45-32-41(37-16-9-6-10-17-37)31-44(34-45)53(2,3)4/h5-34,57H,1-4H3. The molecule has 0 aliphatic carbocycles. The van der Waals surface area contributed by atoms with Gasteiger partial charge in [-0.1, -0.05) is 142 Å². The highest BCUT2D eigenvalue weighted by Gasteiger charge is 2.23. The van der Waals surface area contributed by atoms with Gasteiger partial charge >= 0.3 is 0 Å². The lowest BCUT2D eigenvalue weighted by molar-refractivity contribution is 0.477. The number of aryl methyl sites for hydroxylation is 1. The molecule has 0 amide bonds. The Kier molecular flexibility index (Phi) is 9.10. The van der Waals surface area contributed by atoms with Gasteiger partial charge in [-0.2, -0.15) is 0 Å². The van der Waals surface area contributed by atoms with Crippen LogP contribution in [0.5, 0.6) is 5.75 Å². The lowest BCUT2D eigenvalue weighted by atomic mass is 9.85. The Labute approximate surface area is 334 Å². The van der Waals surface area contributed by atoms with Crippen molar-refractivity contribution in [1.82, 2.24) is 14.5 Å². The highest BCUT2D eigenvalue weighted by atomic mass is 16.3. The van der Waals surface area contributed by atoms with E-state index in [0.717, 1.165) is 72.5 Å². The van der Waals surface area contributed by atoms with E-state index in [2.05, 4.69) is 172 Å². The van der Waals surface area contributed by atoms with Crippen molar-refractivity contribution < 1.29 is 5.11 Å². The van der Waals surface area contributed by atoms with Crippen LogP contribution in [-0.4, -0.2) is 19.6 Å². The van der Waals surface area contributed by atoms with Crippen LogP contribution in [0.4, 0.5) is 0 Å². The van der Waals surface area contributed by atoms with Gasteiger partial charge in [-0.3, -0.25) is 9.55 Å². The first-order chi connectivity index (χ1) is 27.7. The van der Waals surface area contributed by atoms with E-state index in [0.29, 0.717) is 11.4 Å². The molecular weight excluding hydrogens is 695 g/mol. The largest absolute Gasteiger partial charge is 0.507 e. The number of rotatable bonds is 7. The van der Waals surface area contributed by atoms with Gasteiger partial charge in [-0.15, -0.1) is 0 Å². The van der Waals surface area contributed by atoms with Crippen LogP contribution in [-0.2, 0) is 5.41 Å². The van der Waals surface area contributed by atoms with Crippen molar-refractivity contribution in [2.45, 2.75) is 33.1 Å². The third kappa shape index (κ3) is 7.03. The molecule has 0 bridgehead atoms. The minimum absolute atomic E-state index is 0.116. The molecule has 0 saturated carbocycles. The third-order valence-electron chi connectivity index (χ3n) is 10.8. The zero-order valence-electron chi connectivity index (χ0n) is 32.6. The fourth-order valence-corrected chi connectivity index (χ4v) is 7.65. The lowest BCUT2D eigenvalue weighted by Gasteiger charge is -2.22. The van der Waals surface area contributed by atoms with E-state index >= 15 is 0 Å². The SMILES string of the molecule is Cc1ccc(-c2ccnc(-c3cc(-c4ccccc4)cc(-c4cccc5c4nc(-c4ccccc4O)n5-c4cc(-c5ccccc5)cc(C(C)(C)C)c4)c3)c2)cc1. The van der Waals surface area contributed by atoms with Crippen molar-refractivity contribution in [1.29, 1.82) is 0 Å². The van der Waals surface area contributed by atoms with Crippen molar-refractivity contribution in [3.63, 3.8) is 0 Å². The summed E-state index contributed by atoms with van der Waals surface area (Å²) in [6.07, 6.45) is 1.90. The molecule has 4 nitrogen and oxygen atoms in total. The van der Waals surface area contributed by atoms with E-state index < -0.39 is 0 Å². The number of para-hydroxylation sites is 2. The normalized spacial score (nSPS) is 11.6. The second-order valence-corrected chi connectivity index (χ2v) is 15.8. The van der Waals surface area contributed by atoms with E-state index in [9.17, 15) is 5.11 Å². The number of benzene rings is 7. The van der Waals surface area contributed by atoms with Gasteiger partial charge in [0, 0.05) is 23.0 Å². The summed E-state index contributed by atoms with van der Waals surface area (Å²) in [6, 6.07) is 61.3. The minimum Gasteiger partial charge on any atom is -0.507 e. The Morgan fingerprint density at radius 2 is 1.11 bits per heavy atom. The van der Waals surface area contributed by atoms with Crippen LogP contribution in [0.1, 0.15) is 31.9 Å². The van der Waals surface area contributed by atoms with Crippen molar-refractivity contribution in [2.24, 2.45) is 0 Å². The monoisotopic (exact) mass is 737 g/mol. The average molecular weight is 738 g/mol. The highest BCUT2D eigenvalue weighted by Crippen LogP contribution is 2.41. The molecule has 0 fully saturated rings. The molecule has 9 aromatic rings. The number of nitrogens with zero attached hydrogens (tertiary/aromatic N) is 3. The lowest BCUT2D eigenvalue weighted by Crippen LogP contribution is -2.12. The first kappa shape index (κ1) is 35.6. The Hall–Kier alpha value is -7.04. The molecule has 2 aromatic heterocycles. The maximum Gasteiger partial charge on any atom is 0.149 e. The fourth-order valence-electron chi connectivity index (χ4n) is 7.65. The van der Waals surface area contributed by atoms with Crippen LogP contribution in [0.3, 0.4) is 0 Å². The summed E-state index contributed by atoms with van der Waals surface area (Å²) >= 11 is 0. The molecule has 276 valence electrons. The number of phenolic OH excluding ortho intramolecular Hbond substituents is 1. The summed E-state index contributed by atoms with van der Waals surface area (Å²) < 4.78 is 2.21. The van der Waals surface area contributed by atoms with Gasteiger partial charge in [0.1, 0.15) is 11.6 Å². The number of imidazole rings is 1. The molecular formula is C53H43N3O. The van der Waals surface area contributed by atoms with Gasteiger partial charge in [-0.25, -0.2) is 4.98 Å². The van der Waals surface area contributed by atoms with Gasteiger partial charge < -0.3 is 5.11 Å². The number of hydrogen-bond donors (Lipinski definition) is 1. The van der Waals surface area contributed by atoms with E-state index in [-0.39, 0.29) is 11.2 Å². The predicted octanol–water partition coefficient (Wildman–Crippen LogP) is 13.7. The van der Waals surface area contributed by atoms with Gasteiger partial charge in [0.2, 0.25) is 0 Å². The fraction of sp³-hybridized carbons (Fsp3) is 0.0943. The Morgan fingerprint density at radius 1 is 0.491 bits per heavy atom. The second kappa shape index (κ2) is 14.6. The van der Waals surface area contributed by atoms with Crippen LogP contribution >= 0.6 is 0 Å². The van der Waals surface area contributed by atoms with Crippen molar-refractivity contribution in [3.05, 3.63) is 193 Å². The molecule has 2 heterocycles. The molecule has 0 spiro atoms.